The van der Waals surface area contributed by atoms with E-state index in [1.807, 2.05) is 12.1 Å². The molecule has 0 amide bonds. The predicted octanol–water partition coefficient (Wildman–Crippen LogP) is 3.87. The highest BCUT2D eigenvalue weighted by Crippen LogP contribution is 2.35. The third kappa shape index (κ3) is 3.28. The number of aromatic nitrogens is 1. The van der Waals surface area contributed by atoms with Gasteiger partial charge in [-0.05, 0) is 56.4 Å². The van der Waals surface area contributed by atoms with E-state index in [4.69, 9.17) is 16.7 Å². The number of piperidine rings is 1. The van der Waals surface area contributed by atoms with Crippen molar-refractivity contribution in [1.29, 1.82) is 0 Å². The zero-order valence-corrected chi connectivity index (χ0v) is 13.3. The summed E-state index contributed by atoms with van der Waals surface area (Å²) in [5.41, 5.74) is 2.39. The van der Waals surface area contributed by atoms with Gasteiger partial charge in [0.2, 0.25) is 0 Å². The molecule has 0 atom stereocenters. The fourth-order valence-corrected chi connectivity index (χ4v) is 3.63. The van der Waals surface area contributed by atoms with Crippen molar-refractivity contribution < 1.29 is 9.90 Å². The third-order valence-corrected chi connectivity index (χ3v) is 4.90. The molecule has 0 bridgehead atoms. The number of carboxylic acids is 1. The van der Waals surface area contributed by atoms with Gasteiger partial charge < -0.3 is 15.0 Å². The summed E-state index contributed by atoms with van der Waals surface area (Å²) in [4.78, 5) is 16.2. The standard InChI is InChI=1S/C17H21ClN2O2/c18-15-4-1-3-13-14(11-19-17(13)15)12-6-9-20(10-7-12)8-2-5-16(21)22/h1,3-4,11-12,19H,2,5-10H2,(H,21,22). The van der Waals surface area contributed by atoms with Crippen molar-refractivity contribution in [3.8, 4) is 0 Å². The number of likely N-dealkylation sites (tertiary alicyclic amines) is 1. The first kappa shape index (κ1) is 15.4. The van der Waals surface area contributed by atoms with E-state index in [0.29, 0.717) is 5.92 Å². The Hall–Kier alpha value is -1.52. The zero-order chi connectivity index (χ0) is 15.5. The topological polar surface area (TPSA) is 56.3 Å². The maximum atomic E-state index is 10.6. The number of nitrogens with one attached hydrogen (secondary N) is 1. The van der Waals surface area contributed by atoms with Gasteiger partial charge in [0.1, 0.15) is 0 Å². The second-order valence-corrected chi connectivity index (χ2v) is 6.43. The highest BCUT2D eigenvalue weighted by Gasteiger charge is 2.22. The smallest absolute Gasteiger partial charge is 0.303 e. The molecule has 0 saturated carbocycles. The normalized spacial score (nSPS) is 17.1. The van der Waals surface area contributed by atoms with Crippen molar-refractivity contribution in [2.24, 2.45) is 0 Å². The van der Waals surface area contributed by atoms with E-state index in [1.165, 1.54) is 10.9 Å². The van der Waals surface area contributed by atoms with Gasteiger partial charge in [0, 0.05) is 18.0 Å². The molecule has 1 fully saturated rings. The molecule has 4 nitrogen and oxygen atoms in total. The number of carboxylic acid groups (broad SMARTS) is 1. The van der Waals surface area contributed by atoms with E-state index in [-0.39, 0.29) is 6.42 Å². The molecule has 1 saturated heterocycles. The van der Waals surface area contributed by atoms with E-state index in [0.717, 1.165) is 49.4 Å². The van der Waals surface area contributed by atoms with Gasteiger partial charge in [-0.25, -0.2) is 0 Å². The Balaban J connectivity index is 1.61. The molecule has 3 rings (SSSR count). The number of carbonyl (C=O) groups is 1. The maximum Gasteiger partial charge on any atom is 0.303 e. The SMILES string of the molecule is O=C(O)CCCN1CCC(c2c[nH]c3c(Cl)cccc23)CC1. The van der Waals surface area contributed by atoms with Crippen LogP contribution >= 0.6 is 11.6 Å². The zero-order valence-electron chi connectivity index (χ0n) is 12.5. The minimum atomic E-state index is -0.703. The fraction of sp³-hybridized carbons (Fsp3) is 0.471. The minimum absolute atomic E-state index is 0.265. The molecule has 1 aromatic carbocycles. The molecule has 22 heavy (non-hydrogen) atoms. The lowest BCUT2D eigenvalue weighted by atomic mass is 9.89. The Bertz CT molecular complexity index is 660. The summed E-state index contributed by atoms with van der Waals surface area (Å²) >= 11 is 6.23. The molecule has 2 heterocycles. The Morgan fingerprint density at radius 3 is 2.86 bits per heavy atom. The number of aromatic amines is 1. The van der Waals surface area contributed by atoms with E-state index >= 15 is 0 Å². The van der Waals surface area contributed by atoms with Crippen molar-refractivity contribution >= 4 is 28.5 Å². The molecule has 0 spiro atoms. The molecule has 118 valence electrons. The number of para-hydroxylation sites is 1. The summed E-state index contributed by atoms with van der Waals surface area (Å²) in [6, 6.07) is 6.05. The lowest BCUT2D eigenvalue weighted by Gasteiger charge is -2.31. The van der Waals surface area contributed by atoms with Gasteiger partial charge in [0.25, 0.3) is 0 Å². The number of benzene rings is 1. The van der Waals surface area contributed by atoms with Gasteiger partial charge in [-0.15, -0.1) is 0 Å². The highest BCUT2D eigenvalue weighted by molar-refractivity contribution is 6.35. The van der Waals surface area contributed by atoms with E-state index in [9.17, 15) is 4.79 Å². The molecular formula is C17H21ClN2O2. The van der Waals surface area contributed by atoms with E-state index in [1.54, 1.807) is 0 Å². The molecule has 2 aromatic rings. The van der Waals surface area contributed by atoms with Gasteiger partial charge >= 0.3 is 5.97 Å². The number of halogens is 1. The van der Waals surface area contributed by atoms with Gasteiger partial charge in [-0.3, -0.25) is 4.79 Å². The van der Waals surface area contributed by atoms with Gasteiger partial charge in [0.05, 0.1) is 10.5 Å². The Morgan fingerprint density at radius 1 is 1.36 bits per heavy atom. The quantitative estimate of drug-likeness (QED) is 0.879. The second-order valence-electron chi connectivity index (χ2n) is 6.02. The second kappa shape index (κ2) is 6.71. The number of hydrogen-bond acceptors (Lipinski definition) is 2. The minimum Gasteiger partial charge on any atom is -0.481 e. The number of hydrogen-bond donors (Lipinski definition) is 2. The Kier molecular flexibility index (Phi) is 4.69. The lowest BCUT2D eigenvalue weighted by Crippen LogP contribution is -2.33. The average molecular weight is 321 g/mol. The largest absolute Gasteiger partial charge is 0.481 e. The molecule has 0 radical (unpaired) electrons. The summed E-state index contributed by atoms with van der Waals surface area (Å²) in [6.45, 7) is 2.97. The van der Waals surface area contributed by atoms with Crippen LogP contribution in [0.5, 0.6) is 0 Å². The molecule has 2 N–H and O–H groups in total. The Labute approximate surface area is 135 Å². The lowest BCUT2D eigenvalue weighted by molar-refractivity contribution is -0.137. The first-order valence-corrected chi connectivity index (χ1v) is 8.22. The molecule has 0 unspecified atom stereocenters. The summed E-state index contributed by atoms with van der Waals surface area (Å²) in [7, 11) is 0. The van der Waals surface area contributed by atoms with Crippen molar-refractivity contribution in [2.45, 2.75) is 31.6 Å². The summed E-state index contributed by atoms with van der Waals surface area (Å²) in [5, 5.41) is 10.7. The first-order valence-electron chi connectivity index (χ1n) is 7.85. The van der Waals surface area contributed by atoms with Crippen LogP contribution in [0.4, 0.5) is 0 Å². The van der Waals surface area contributed by atoms with Crippen LogP contribution in [0, 0.1) is 0 Å². The van der Waals surface area contributed by atoms with Crippen LogP contribution in [-0.2, 0) is 4.79 Å². The number of fused-ring (bicyclic) bond motifs is 1. The van der Waals surface area contributed by atoms with Crippen LogP contribution in [0.2, 0.25) is 5.02 Å². The number of rotatable bonds is 5. The number of nitrogens with zero attached hydrogens (tertiary/aromatic N) is 1. The van der Waals surface area contributed by atoms with Crippen LogP contribution in [0.25, 0.3) is 10.9 Å². The average Bonchev–Trinajstić information content (AvgIpc) is 2.93. The first-order chi connectivity index (χ1) is 10.6. The molecule has 1 aromatic heterocycles. The van der Waals surface area contributed by atoms with Gasteiger partial charge in [0.15, 0.2) is 0 Å². The molecule has 1 aliphatic rings. The maximum absolute atomic E-state index is 10.6. The van der Waals surface area contributed by atoms with Crippen LogP contribution in [0.3, 0.4) is 0 Å². The van der Waals surface area contributed by atoms with Crippen molar-refractivity contribution in [1.82, 2.24) is 9.88 Å². The van der Waals surface area contributed by atoms with Crippen LogP contribution in [0.15, 0.2) is 24.4 Å². The summed E-state index contributed by atoms with van der Waals surface area (Å²) in [6.07, 6.45) is 5.34. The van der Waals surface area contributed by atoms with E-state index < -0.39 is 5.97 Å². The summed E-state index contributed by atoms with van der Waals surface area (Å²) in [5.74, 6) is -0.145. The van der Waals surface area contributed by atoms with Crippen molar-refractivity contribution in [3.05, 3.63) is 35.0 Å². The predicted molar refractivity (Wildman–Crippen MR) is 88.6 cm³/mol. The van der Waals surface area contributed by atoms with Gasteiger partial charge in [-0.1, -0.05) is 23.7 Å². The van der Waals surface area contributed by atoms with Crippen molar-refractivity contribution in [2.75, 3.05) is 19.6 Å². The monoisotopic (exact) mass is 320 g/mol. The fourth-order valence-electron chi connectivity index (χ4n) is 3.40. The molecular weight excluding hydrogens is 300 g/mol. The van der Waals surface area contributed by atoms with Crippen LogP contribution < -0.4 is 0 Å². The summed E-state index contributed by atoms with van der Waals surface area (Å²) < 4.78 is 0. The van der Waals surface area contributed by atoms with Crippen molar-refractivity contribution in [3.63, 3.8) is 0 Å². The van der Waals surface area contributed by atoms with Crippen LogP contribution in [0.1, 0.15) is 37.2 Å². The molecule has 1 aliphatic heterocycles. The third-order valence-electron chi connectivity index (χ3n) is 4.59. The number of H-pyrrole nitrogens is 1. The van der Waals surface area contributed by atoms with E-state index in [2.05, 4.69) is 22.1 Å². The molecule has 5 heteroatoms. The Morgan fingerprint density at radius 2 is 2.14 bits per heavy atom. The van der Waals surface area contributed by atoms with Crippen LogP contribution in [-0.4, -0.2) is 40.6 Å². The highest BCUT2D eigenvalue weighted by atomic mass is 35.5. The number of aliphatic carboxylic acids is 1. The van der Waals surface area contributed by atoms with Gasteiger partial charge in [-0.2, -0.15) is 0 Å². The molecule has 0 aliphatic carbocycles.